The normalized spacial score (nSPS) is 21.7. The van der Waals surface area contributed by atoms with Crippen molar-refractivity contribution in [3.63, 3.8) is 0 Å². The quantitative estimate of drug-likeness (QED) is 0.643. The van der Waals surface area contributed by atoms with Gasteiger partial charge in [0.15, 0.2) is 0 Å². The first-order valence-electron chi connectivity index (χ1n) is 6.24. The summed E-state index contributed by atoms with van der Waals surface area (Å²) in [6, 6.07) is 2.82. The van der Waals surface area contributed by atoms with Crippen LogP contribution < -0.4 is 5.32 Å². The van der Waals surface area contributed by atoms with E-state index in [1.54, 1.807) is 6.92 Å². The predicted molar refractivity (Wildman–Crippen MR) is 68.2 cm³/mol. The third-order valence-corrected chi connectivity index (χ3v) is 3.40. The Labute approximate surface area is 105 Å². The van der Waals surface area contributed by atoms with Gasteiger partial charge in [-0.05, 0) is 37.3 Å². The maximum Gasteiger partial charge on any atom is 0.295 e. The molecule has 0 heterocycles. The van der Waals surface area contributed by atoms with Crippen LogP contribution in [0.5, 0.6) is 0 Å². The van der Waals surface area contributed by atoms with Crippen molar-refractivity contribution in [2.45, 2.75) is 39.2 Å². The monoisotopic (exact) mass is 252 g/mol. The van der Waals surface area contributed by atoms with E-state index in [0.717, 1.165) is 25.3 Å². The van der Waals surface area contributed by atoms with E-state index in [0.29, 0.717) is 23.2 Å². The van der Waals surface area contributed by atoms with Crippen molar-refractivity contribution in [3.05, 3.63) is 33.6 Å². The lowest BCUT2D eigenvalue weighted by atomic mass is 10.1. The first-order valence-corrected chi connectivity index (χ1v) is 6.24. The number of benzene rings is 1. The summed E-state index contributed by atoms with van der Waals surface area (Å²) in [6.07, 6.45) is 3.29. The molecule has 1 N–H and O–H groups in total. The second-order valence-corrected chi connectivity index (χ2v) is 4.91. The van der Waals surface area contributed by atoms with E-state index in [1.165, 1.54) is 6.07 Å². The third kappa shape index (κ3) is 2.60. The topological polar surface area (TPSA) is 55.2 Å². The second-order valence-electron chi connectivity index (χ2n) is 4.91. The number of nitrogens with zero attached hydrogens (tertiary/aromatic N) is 1. The first kappa shape index (κ1) is 12.8. The molecule has 0 amide bonds. The number of anilines is 1. The Morgan fingerprint density at radius 3 is 2.89 bits per heavy atom. The Morgan fingerprint density at radius 1 is 1.56 bits per heavy atom. The average molecular weight is 252 g/mol. The molecule has 1 saturated carbocycles. The number of halogens is 1. The van der Waals surface area contributed by atoms with Crippen LogP contribution in [0, 0.1) is 28.8 Å². The van der Waals surface area contributed by atoms with E-state index in [9.17, 15) is 14.5 Å². The SMILES string of the molecule is CCCC1CC1Nc1cc(C)c(F)cc1[N+](=O)[O-]. The summed E-state index contributed by atoms with van der Waals surface area (Å²) in [6.45, 7) is 3.74. The van der Waals surface area contributed by atoms with Crippen LogP contribution in [0.4, 0.5) is 15.8 Å². The summed E-state index contributed by atoms with van der Waals surface area (Å²) in [7, 11) is 0. The fourth-order valence-corrected chi connectivity index (χ4v) is 2.25. The fourth-order valence-electron chi connectivity index (χ4n) is 2.25. The van der Waals surface area contributed by atoms with Crippen molar-refractivity contribution >= 4 is 11.4 Å². The molecule has 0 radical (unpaired) electrons. The predicted octanol–water partition coefficient (Wildman–Crippen LogP) is 3.64. The molecule has 0 aromatic heterocycles. The van der Waals surface area contributed by atoms with Crippen LogP contribution in [-0.4, -0.2) is 11.0 Å². The van der Waals surface area contributed by atoms with E-state index in [1.807, 2.05) is 0 Å². The summed E-state index contributed by atoms with van der Waals surface area (Å²) < 4.78 is 13.3. The summed E-state index contributed by atoms with van der Waals surface area (Å²) >= 11 is 0. The zero-order chi connectivity index (χ0) is 13.3. The number of hydrogen-bond acceptors (Lipinski definition) is 3. The minimum absolute atomic E-state index is 0.180. The lowest BCUT2D eigenvalue weighted by molar-refractivity contribution is -0.384. The van der Waals surface area contributed by atoms with Crippen LogP contribution in [0.1, 0.15) is 31.7 Å². The molecule has 0 aliphatic heterocycles. The minimum Gasteiger partial charge on any atom is -0.376 e. The molecule has 18 heavy (non-hydrogen) atoms. The highest BCUT2D eigenvalue weighted by molar-refractivity contribution is 5.64. The molecule has 2 atom stereocenters. The molecule has 0 saturated heterocycles. The lowest BCUT2D eigenvalue weighted by Gasteiger charge is -2.08. The van der Waals surface area contributed by atoms with Crippen molar-refractivity contribution in [2.75, 3.05) is 5.32 Å². The van der Waals surface area contributed by atoms with Gasteiger partial charge in [0.05, 0.1) is 11.0 Å². The highest BCUT2D eigenvalue weighted by Gasteiger charge is 2.37. The summed E-state index contributed by atoms with van der Waals surface area (Å²) in [5.41, 5.74) is 0.679. The van der Waals surface area contributed by atoms with E-state index in [2.05, 4.69) is 12.2 Å². The van der Waals surface area contributed by atoms with Crippen LogP contribution in [0.15, 0.2) is 12.1 Å². The molecule has 1 fully saturated rings. The molecule has 0 bridgehead atoms. The average Bonchev–Trinajstić information content (AvgIpc) is 3.01. The number of aryl methyl sites for hydroxylation is 1. The second kappa shape index (κ2) is 4.92. The first-order chi connectivity index (χ1) is 8.52. The number of hydrogen-bond donors (Lipinski definition) is 1. The highest BCUT2D eigenvalue weighted by atomic mass is 19.1. The van der Waals surface area contributed by atoms with E-state index >= 15 is 0 Å². The smallest absolute Gasteiger partial charge is 0.295 e. The van der Waals surface area contributed by atoms with Crippen LogP contribution in [0.3, 0.4) is 0 Å². The van der Waals surface area contributed by atoms with Gasteiger partial charge in [-0.2, -0.15) is 0 Å². The lowest BCUT2D eigenvalue weighted by Crippen LogP contribution is -2.07. The Morgan fingerprint density at radius 2 is 2.28 bits per heavy atom. The maximum atomic E-state index is 13.3. The van der Waals surface area contributed by atoms with Gasteiger partial charge in [0.2, 0.25) is 0 Å². The van der Waals surface area contributed by atoms with E-state index in [4.69, 9.17) is 0 Å². The summed E-state index contributed by atoms with van der Waals surface area (Å²) in [5.74, 6) is 0.0631. The Balaban J connectivity index is 2.17. The van der Waals surface area contributed by atoms with Crippen LogP contribution in [0.2, 0.25) is 0 Å². The van der Waals surface area contributed by atoms with Gasteiger partial charge in [0.1, 0.15) is 11.5 Å². The molecule has 1 aliphatic carbocycles. The molecule has 2 rings (SSSR count). The number of nitrogens with one attached hydrogen (secondary N) is 1. The molecule has 5 heteroatoms. The zero-order valence-corrected chi connectivity index (χ0v) is 10.6. The summed E-state index contributed by atoms with van der Waals surface area (Å²) in [5, 5.41) is 14.1. The van der Waals surface area contributed by atoms with E-state index in [-0.39, 0.29) is 5.69 Å². The van der Waals surface area contributed by atoms with Gasteiger partial charge in [-0.15, -0.1) is 0 Å². The van der Waals surface area contributed by atoms with Crippen LogP contribution >= 0.6 is 0 Å². The van der Waals surface area contributed by atoms with Crippen molar-refractivity contribution in [2.24, 2.45) is 5.92 Å². The Kier molecular flexibility index (Phi) is 3.50. The number of rotatable bonds is 5. The van der Waals surface area contributed by atoms with Crippen molar-refractivity contribution in [3.8, 4) is 0 Å². The molecule has 1 aromatic carbocycles. The van der Waals surface area contributed by atoms with Crippen molar-refractivity contribution in [1.82, 2.24) is 0 Å². The molecule has 98 valence electrons. The zero-order valence-electron chi connectivity index (χ0n) is 10.6. The molecule has 1 aliphatic rings. The standard InChI is InChI=1S/C13H17FN2O2/c1-3-4-9-6-11(9)15-12-5-8(2)10(14)7-13(12)16(17)18/h5,7,9,11,15H,3-4,6H2,1-2H3. The van der Waals surface area contributed by atoms with Gasteiger partial charge in [-0.25, -0.2) is 4.39 Å². The largest absolute Gasteiger partial charge is 0.376 e. The van der Waals surface area contributed by atoms with Gasteiger partial charge in [-0.3, -0.25) is 10.1 Å². The molecule has 4 nitrogen and oxygen atoms in total. The minimum atomic E-state index is -0.540. The van der Waals surface area contributed by atoms with Gasteiger partial charge >= 0.3 is 0 Å². The van der Waals surface area contributed by atoms with E-state index < -0.39 is 10.7 Å². The van der Waals surface area contributed by atoms with Crippen LogP contribution in [0.25, 0.3) is 0 Å². The van der Waals surface area contributed by atoms with Gasteiger partial charge < -0.3 is 5.32 Å². The molecule has 1 aromatic rings. The number of nitro groups is 1. The summed E-state index contributed by atoms with van der Waals surface area (Å²) in [4.78, 5) is 10.4. The molecule has 0 spiro atoms. The van der Waals surface area contributed by atoms with Gasteiger partial charge in [0.25, 0.3) is 5.69 Å². The molecule has 2 unspecified atom stereocenters. The van der Waals surface area contributed by atoms with Gasteiger partial charge in [0, 0.05) is 6.04 Å². The molecular weight excluding hydrogens is 235 g/mol. The fraction of sp³-hybridized carbons (Fsp3) is 0.538. The Hall–Kier alpha value is -1.65. The maximum absolute atomic E-state index is 13.3. The van der Waals surface area contributed by atoms with Crippen molar-refractivity contribution < 1.29 is 9.31 Å². The van der Waals surface area contributed by atoms with Crippen LogP contribution in [-0.2, 0) is 0 Å². The number of nitro benzene ring substituents is 1. The Bertz CT molecular complexity index is 476. The third-order valence-electron chi connectivity index (χ3n) is 3.40. The molecular formula is C13H17FN2O2. The van der Waals surface area contributed by atoms with Crippen molar-refractivity contribution in [1.29, 1.82) is 0 Å². The highest BCUT2D eigenvalue weighted by Crippen LogP contribution is 2.39. The van der Waals surface area contributed by atoms with Gasteiger partial charge in [-0.1, -0.05) is 13.3 Å².